The van der Waals surface area contributed by atoms with Gasteiger partial charge in [-0.25, -0.2) is 0 Å². The summed E-state index contributed by atoms with van der Waals surface area (Å²) in [7, 11) is 0. The van der Waals surface area contributed by atoms with Crippen LogP contribution < -0.4 is 11.1 Å². The van der Waals surface area contributed by atoms with Crippen molar-refractivity contribution in [2.45, 2.75) is 19.3 Å². The molecule has 0 radical (unpaired) electrons. The number of carbonyl (C=O) groups excluding carboxylic acids is 1. The zero-order valence-electron chi connectivity index (χ0n) is 10.5. The third-order valence-electron chi connectivity index (χ3n) is 2.00. The highest BCUT2D eigenvalue weighted by atomic mass is 16.5. The zero-order chi connectivity index (χ0) is 13.6. The van der Waals surface area contributed by atoms with Crippen molar-refractivity contribution in [2.75, 3.05) is 39.5 Å². The number of carbonyl (C=O) groups is 2. The third kappa shape index (κ3) is 12.9. The van der Waals surface area contributed by atoms with Crippen molar-refractivity contribution < 1.29 is 24.2 Å². The van der Waals surface area contributed by atoms with Crippen molar-refractivity contribution in [2.24, 2.45) is 5.73 Å². The molecule has 0 aliphatic rings. The van der Waals surface area contributed by atoms with Crippen LogP contribution in [0.2, 0.25) is 0 Å². The fourth-order valence-corrected chi connectivity index (χ4v) is 1.16. The lowest BCUT2D eigenvalue weighted by atomic mass is 10.2. The molecule has 0 fully saturated rings. The predicted octanol–water partition coefficient (Wildman–Crippen LogP) is -0.651. The molecule has 7 heteroatoms. The molecule has 0 atom stereocenters. The topological polar surface area (TPSA) is 111 Å². The van der Waals surface area contributed by atoms with Crippen LogP contribution in [0.15, 0.2) is 0 Å². The van der Waals surface area contributed by atoms with Gasteiger partial charge < -0.3 is 25.6 Å². The fourth-order valence-electron chi connectivity index (χ4n) is 1.16. The standard InChI is InChI=1S/C11H22N2O5/c12-4-6-17-8-9-18-7-5-13-10(14)2-1-3-11(15)16/h1-9,12H2,(H,13,14)(H,15,16). The Bertz CT molecular complexity index is 235. The maximum Gasteiger partial charge on any atom is 0.303 e. The molecule has 18 heavy (non-hydrogen) atoms. The van der Waals surface area contributed by atoms with Gasteiger partial charge >= 0.3 is 5.97 Å². The van der Waals surface area contributed by atoms with Crippen LogP contribution in [0.5, 0.6) is 0 Å². The number of ether oxygens (including phenoxy) is 2. The number of nitrogens with two attached hydrogens (primary N) is 1. The van der Waals surface area contributed by atoms with Crippen molar-refractivity contribution in [1.29, 1.82) is 0 Å². The van der Waals surface area contributed by atoms with Crippen LogP contribution in [0.1, 0.15) is 19.3 Å². The van der Waals surface area contributed by atoms with Gasteiger partial charge in [-0.2, -0.15) is 0 Å². The number of hydrogen-bond donors (Lipinski definition) is 3. The molecule has 0 bridgehead atoms. The maximum absolute atomic E-state index is 11.2. The smallest absolute Gasteiger partial charge is 0.303 e. The average molecular weight is 262 g/mol. The zero-order valence-corrected chi connectivity index (χ0v) is 10.5. The summed E-state index contributed by atoms with van der Waals surface area (Å²) in [5, 5.41) is 11.0. The second kappa shape index (κ2) is 12.3. The van der Waals surface area contributed by atoms with Gasteiger partial charge in [-0.1, -0.05) is 0 Å². The number of hydrogen-bond acceptors (Lipinski definition) is 5. The van der Waals surface area contributed by atoms with Crippen LogP contribution >= 0.6 is 0 Å². The number of rotatable bonds is 12. The molecular weight excluding hydrogens is 240 g/mol. The van der Waals surface area contributed by atoms with Gasteiger partial charge in [-0.05, 0) is 6.42 Å². The van der Waals surface area contributed by atoms with E-state index in [9.17, 15) is 9.59 Å². The Morgan fingerprint density at radius 3 is 2.33 bits per heavy atom. The van der Waals surface area contributed by atoms with Crippen molar-refractivity contribution in [3.05, 3.63) is 0 Å². The van der Waals surface area contributed by atoms with E-state index in [0.717, 1.165) is 0 Å². The third-order valence-corrected chi connectivity index (χ3v) is 2.00. The van der Waals surface area contributed by atoms with E-state index in [4.69, 9.17) is 20.3 Å². The predicted molar refractivity (Wildman–Crippen MR) is 65.2 cm³/mol. The van der Waals surface area contributed by atoms with E-state index in [1.165, 1.54) is 0 Å². The molecule has 0 spiro atoms. The van der Waals surface area contributed by atoms with Crippen molar-refractivity contribution in [1.82, 2.24) is 5.32 Å². The monoisotopic (exact) mass is 262 g/mol. The second-order valence-electron chi connectivity index (χ2n) is 3.61. The molecule has 0 saturated carbocycles. The van der Waals surface area contributed by atoms with E-state index in [1.54, 1.807) is 0 Å². The maximum atomic E-state index is 11.2. The fraction of sp³-hybridized carbons (Fsp3) is 0.818. The lowest BCUT2D eigenvalue weighted by Crippen LogP contribution is -2.27. The summed E-state index contributed by atoms with van der Waals surface area (Å²) in [6, 6.07) is 0. The largest absolute Gasteiger partial charge is 0.481 e. The molecule has 0 aliphatic carbocycles. The molecule has 1 amide bonds. The van der Waals surface area contributed by atoms with Gasteiger partial charge in [0.1, 0.15) is 0 Å². The highest BCUT2D eigenvalue weighted by Crippen LogP contribution is 1.94. The van der Waals surface area contributed by atoms with Crippen molar-refractivity contribution in [3.8, 4) is 0 Å². The van der Waals surface area contributed by atoms with E-state index in [2.05, 4.69) is 5.32 Å². The lowest BCUT2D eigenvalue weighted by molar-refractivity contribution is -0.137. The second-order valence-corrected chi connectivity index (χ2v) is 3.61. The number of carboxylic acid groups (broad SMARTS) is 1. The molecule has 7 nitrogen and oxygen atoms in total. The molecule has 0 aromatic heterocycles. The van der Waals surface area contributed by atoms with Gasteiger partial charge in [0.2, 0.25) is 5.91 Å². The van der Waals surface area contributed by atoms with Gasteiger partial charge in [-0.3, -0.25) is 9.59 Å². The molecular formula is C11H22N2O5. The number of nitrogens with one attached hydrogen (secondary N) is 1. The van der Waals surface area contributed by atoms with E-state index in [-0.39, 0.29) is 18.7 Å². The van der Waals surface area contributed by atoms with Crippen LogP contribution in [0, 0.1) is 0 Å². The Morgan fingerprint density at radius 2 is 1.72 bits per heavy atom. The van der Waals surface area contributed by atoms with Crippen molar-refractivity contribution in [3.63, 3.8) is 0 Å². The Kier molecular flexibility index (Phi) is 11.5. The van der Waals surface area contributed by atoms with Crippen molar-refractivity contribution >= 4 is 11.9 Å². The highest BCUT2D eigenvalue weighted by molar-refractivity contribution is 5.76. The highest BCUT2D eigenvalue weighted by Gasteiger charge is 2.02. The number of aliphatic carboxylic acids is 1. The Balaban J connectivity index is 3.17. The summed E-state index contributed by atoms with van der Waals surface area (Å²) >= 11 is 0. The number of amides is 1. The first-order valence-corrected chi connectivity index (χ1v) is 6.01. The minimum atomic E-state index is -0.886. The summed E-state index contributed by atoms with van der Waals surface area (Å²) in [5.41, 5.74) is 5.23. The minimum absolute atomic E-state index is 0.0163. The summed E-state index contributed by atoms with van der Waals surface area (Å²) in [4.78, 5) is 21.4. The van der Waals surface area contributed by atoms with Crippen LogP contribution in [0.4, 0.5) is 0 Å². The molecule has 4 N–H and O–H groups in total. The average Bonchev–Trinajstić information content (AvgIpc) is 2.32. The van der Waals surface area contributed by atoms with E-state index in [1.807, 2.05) is 0 Å². The first-order chi connectivity index (χ1) is 8.66. The van der Waals surface area contributed by atoms with E-state index < -0.39 is 5.97 Å². The summed E-state index contributed by atoms with van der Waals surface area (Å²) < 4.78 is 10.3. The Morgan fingerprint density at radius 1 is 1.06 bits per heavy atom. The molecule has 106 valence electrons. The first kappa shape index (κ1) is 16.8. The van der Waals surface area contributed by atoms with E-state index in [0.29, 0.717) is 45.9 Å². The van der Waals surface area contributed by atoms with Gasteiger partial charge in [0.15, 0.2) is 0 Å². The molecule has 0 heterocycles. The van der Waals surface area contributed by atoms with Crippen LogP contribution in [-0.2, 0) is 19.1 Å². The van der Waals surface area contributed by atoms with Crippen LogP contribution in [0.25, 0.3) is 0 Å². The molecule has 0 aromatic carbocycles. The van der Waals surface area contributed by atoms with Gasteiger partial charge in [0, 0.05) is 25.9 Å². The summed E-state index contributed by atoms with van der Waals surface area (Å²) in [5.74, 6) is -1.04. The van der Waals surface area contributed by atoms with Crippen LogP contribution in [0.3, 0.4) is 0 Å². The van der Waals surface area contributed by atoms with E-state index >= 15 is 0 Å². The minimum Gasteiger partial charge on any atom is -0.481 e. The van der Waals surface area contributed by atoms with Gasteiger partial charge in [0.05, 0.1) is 26.4 Å². The Labute approximate surface area is 107 Å². The molecule has 0 aromatic rings. The molecule has 0 saturated heterocycles. The SMILES string of the molecule is NCCOCCOCCNC(=O)CCCC(=O)O. The summed E-state index contributed by atoms with van der Waals surface area (Å²) in [6.45, 7) is 2.80. The summed E-state index contributed by atoms with van der Waals surface area (Å²) in [6.07, 6.45) is 0.600. The number of carboxylic acids is 1. The molecule has 0 unspecified atom stereocenters. The molecule has 0 rings (SSSR count). The normalized spacial score (nSPS) is 10.3. The van der Waals surface area contributed by atoms with Crippen LogP contribution in [-0.4, -0.2) is 56.5 Å². The van der Waals surface area contributed by atoms with Gasteiger partial charge in [-0.15, -0.1) is 0 Å². The quantitative estimate of drug-likeness (QED) is 0.403. The lowest BCUT2D eigenvalue weighted by Gasteiger charge is -2.06. The molecule has 0 aliphatic heterocycles. The Hall–Kier alpha value is -1.18. The first-order valence-electron chi connectivity index (χ1n) is 6.01. The van der Waals surface area contributed by atoms with Gasteiger partial charge in [0.25, 0.3) is 0 Å².